The van der Waals surface area contributed by atoms with Gasteiger partial charge in [-0.15, -0.1) is 0 Å². The van der Waals surface area contributed by atoms with Crippen molar-refractivity contribution < 1.29 is 8.42 Å². The SMILES string of the molecule is CC(C)S(=O)(=O)NCCc1ccsc1. The predicted molar refractivity (Wildman–Crippen MR) is 60.1 cm³/mol. The Morgan fingerprint density at radius 3 is 2.71 bits per heavy atom. The summed E-state index contributed by atoms with van der Waals surface area (Å²) in [6.45, 7) is 3.83. The van der Waals surface area contributed by atoms with Crippen LogP contribution in [0.5, 0.6) is 0 Å². The Hall–Kier alpha value is -0.390. The maximum Gasteiger partial charge on any atom is 0.213 e. The van der Waals surface area contributed by atoms with Gasteiger partial charge in [-0.3, -0.25) is 0 Å². The van der Waals surface area contributed by atoms with Gasteiger partial charge in [-0.2, -0.15) is 11.3 Å². The monoisotopic (exact) mass is 233 g/mol. The van der Waals surface area contributed by atoms with Crippen LogP contribution in [0.25, 0.3) is 0 Å². The molecule has 0 unspecified atom stereocenters. The van der Waals surface area contributed by atoms with Crippen molar-refractivity contribution in [1.29, 1.82) is 0 Å². The highest BCUT2D eigenvalue weighted by molar-refractivity contribution is 7.90. The molecule has 0 aliphatic heterocycles. The molecular formula is C9H15NO2S2. The van der Waals surface area contributed by atoms with Crippen LogP contribution in [0.15, 0.2) is 16.8 Å². The van der Waals surface area contributed by atoms with E-state index in [4.69, 9.17) is 0 Å². The Morgan fingerprint density at radius 2 is 2.21 bits per heavy atom. The predicted octanol–water partition coefficient (Wildman–Crippen LogP) is 1.62. The molecule has 5 heteroatoms. The van der Waals surface area contributed by atoms with Gasteiger partial charge in [-0.25, -0.2) is 13.1 Å². The average Bonchev–Trinajstić information content (AvgIpc) is 2.56. The van der Waals surface area contributed by atoms with Gasteiger partial charge in [0.25, 0.3) is 0 Å². The summed E-state index contributed by atoms with van der Waals surface area (Å²) in [6, 6.07) is 2.01. The van der Waals surface area contributed by atoms with Gasteiger partial charge < -0.3 is 0 Å². The van der Waals surface area contributed by atoms with E-state index >= 15 is 0 Å². The molecule has 0 bridgehead atoms. The van der Waals surface area contributed by atoms with Crippen molar-refractivity contribution in [1.82, 2.24) is 4.72 Å². The summed E-state index contributed by atoms with van der Waals surface area (Å²) in [4.78, 5) is 0. The Balaban J connectivity index is 2.36. The third-order valence-corrected chi connectivity index (χ3v) is 4.50. The van der Waals surface area contributed by atoms with Gasteiger partial charge in [-0.05, 0) is 42.7 Å². The Labute approximate surface area is 89.2 Å². The van der Waals surface area contributed by atoms with Crippen LogP contribution in [-0.4, -0.2) is 20.2 Å². The minimum Gasteiger partial charge on any atom is -0.215 e. The molecule has 0 saturated carbocycles. The number of nitrogens with one attached hydrogen (secondary N) is 1. The van der Waals surface area contributed by atoms with Gasteiger partial charge in [-0.1, -0.05) is 0 Å². The van der Waals surface area contributed by atoms with Gasteiger partial charge in [0, 0.05) is 6.54 Å². The first-order chi connectivity index (χ1) is 6.52. The van der Waals surface area contributed by atoms with Crippen LogP contribution < -0.4 is 4.72 Å². The molecule has 0 fully saturated rings. The van der Waals surface area contributed by atoms with E-state index in [0.29, 0.717) is 6.54 Å². The number of rotatable bonds is 5. The molecule has 1 N–H and O–H groups in total. The normalized spacial score (nSPS) is 12.2. The minimum atomic E-state index is -3.10. The maximum absolute atomic E-state index is 11.4. The van der Waals surface area contributed by atoms with Gasteiger partial charge in [0.1, 0.15) is 0 Å². The van der Waals surface area contributed by atoms with Crippen LogP contribution in [0.2, 0.25) is 0 Å². The highest BCUT2D eigenvalue weighted by Crippen LogP contribution is 2.06. The molecule has 0 spiro atoms. The minimum absolute atomic E-state index is 0.357. The summed E-state index contributed by atoms with van der Waals surface area (Å²) in [7, 11) is -3.10. The van der Waals surface area contributed by atoms with E-state index in [1.165, 1.54) is 5.56 Å². The Morgan fingerprint density at radius 1 is 1.50 bits per heavy atom. The first-order valence-electron chi connectivity index (χ1n) is 4.52. The quantitative estimate of drug-likeness (QED) is 0.840. The highest BCUT2D eigenvalue weighted by Gasteiger charge is 2.14. The summed E-state index contributed by atoms with van der Waals surface area (Å²) < 4.78 is 25.3. The van der Waals surface area contributed by atoms with Crippen LogP contribution >= 0.6 is 11.3 Å². The molecule has 0 aromatic carbocycles. The molecule has 3 nitrogen and oxygen atoms in total. The van der Waals surface area contributed by atoms with Crippen molar-refractivity contribution in [3.63, 3.8) is 0 Å². The molecular weight excluding hydrogens is 218 g/mol. The average molecular weight is 233 g/mol. The lowest BCUT2D eigenvalue weighted by Crippen LogP contribution is -2.32. The standard InChI is InChI=1S/C9H15NO2S2/c1-8(2)14(11,12)10-5-3-9-4-6-13-7-9/h4,6-8,10H,3,5H2,1-2H3. The van der Waals surface area contributed by atoms with E-state index in [1.54, 1.807) is 25.2 Å². The van der Waals surface area contributed by atoms with Crippen molar-refractivity contribution in [3.05, 3.63) is 22.4 Å². The highest BCUT2D eigenvalue weighted by atomic mass is 32.2. The second kappa shape index (κ2) is 4.91. The number of thiophene rings is 1. The molecule has 14 heavy (non-hydrogen) atoms. The fourth-order valence-electron chi connectivity index (χ4n) is 0.939. The molecule has 0 atom stereocenters. The maximum atomic E-state index is 11.4. The van der Waals surface area contributed by atoms with E-state index in [2.05, 4.69) is 4.72 Å². The van der Waals surface area contributed by atoms with Crippen LogP contribution in [0.3, 0.4) is 0 Å². The van der Waals surface area contributed by atoms with Crippen molar-refractivity contribution in [2.75, 3.05) is 6.54 Å². The van der Waals surface area contributed by atoms with Crippen LogP contribution in [0.1, 0.15) is 19.4 Å². The summed E-state index contributed by atoms with van der Waals surface area (Å²) in [5.41, 5.74) is 1.18. The fourth-order valence-corrected chi connectivity index (χ4v) is 2.36. The molecule has 1 heterocycles. The zero-order chi connectivity index (χ0) is 10.6. The Bertz CT molecular complexity index is 354. The summed E-state index contributed by atoms with van der Waals surface area (Å²) in [6.07, 6.45) is 0.759. The molecule has 0 amide bonds. The van der Waals surface area contributed by atoms with Crippen molar-refractivity contribution >= 4 is 21.4 Å². The summed E-state index contributed by atoms with van der Waals surface area (Å²) >= 11 is 1.63. The van der Waals surface area contributed by atoms with Gasteiger partial charge in [0.2, 0.25) is 10.0 Å². The number of hydrogen-bond donors (Lipinski definition) is 1. The summed E-state index contributed by atoms with van der Waals surface area (Å²) in [5.74, 6) is 0. The molecule has 1 aromatic heterocycles. The van der Waals surface area contributed by atoms with E-state index in [1.807, 2.05) is 16.8 Å². The van der Waals surface area contributed by atoms with Crippen LogP contribution in [0.4, 0.5) is 0 Å². The first kappa shape index (κ1) is 11.7. The van der Waals surface area contributed by atoms with E-state index < -0.39 is 10.0 Å². The van der Waals surface area contributed by atoms with E-state index in [-0.39, 0.29) is 5.25 Å². The third-order valence-electron chi connectivity index (χ3n) is 1.92. The Kier molecular flexibility index (Phi) is 4.10. The molecule has 80 valence electrons. The van der Waals surface area contributed by atoms with E-state index in [9.17, 15) is 8.42 Å². The van der Waals surface area contributed by atoms with Gasteiger partial charge >= 0.3 is 0 Å². The molecule has 0 aliphatic carbocycles. The number of hydrogen-bond acceptors (Lipinski definition) is 3. The summed E-state index contributed by atoms with van der Waals surface area (Å²) in [5, 5.41) is 3.67. The van der Waals surface area contributed by atoms with Crippen molar-refractivity contribution in [2.24, 2.45) is 0 Å². The van der Waals surface area contributed by atoms with Gasteiger partial charge in [0.05, 0.1) is 5.25 Å². The van der Waals surface area contributed by atoms with E-state index in [0.717, 1.165) is 6.42 Å². The largest absolute Gasteiger partial charge is 0.215 e. The van der Waals surface area contributed by atoms with Crippen LogP contribution in [-0.2, 0) is 16.4 Å². The molecule has 1 aromatic rings. The second-order valence-electron chi connectivity index (χ2n) is 3.37. The van der Waals surface area contributed by atoms with Crippen LogP contribution in [0, 0.1) is 0 Å². The lowest BCUT2D eigenvalue weighted by molar-refractivity contribution is 0.572. The zero-order valence-corrected chi connectivity index (χ0v) is 9.99. The topological polar surface area (TPSA) is 46.2 Å². The van der Waals surface area contributed by atoms with Gasteiger partial charge in [0.15, 0.2) is 0 Å². The first-order valence-corrected chi connectivity index (χ1v) is 7.01. The molecule has 1 rings (SSSR count). The van der Waals surface area contributed by atoms with Crippen molar-refractivity contribution in [2.45, 2.75) is 25.5 Å². The molecule has 0 radical (unpaired) electrons. The lowest BCUT2D eigenvalue weighted by atomic mass is 10.2. The third kappa shape index (κ3) is 3.40. The second-order valence-corrected chi connectivity index (χ2v) is 6.47. The molecule has 0 saturated heterocycles. The fraction of sp³-hybridized carbons (Fsp3) is 0.556. The lowest BCUT2D eigenvalue weighted by Gasteiger charge is -2.08. The smallest absolute Gasteiger partial charge is 0.213 e. The van der Waals surface area contributed by atoms with Crippen molar-refractivity contribution in [3.8, 4) is 0 Å². The number of sulfonamides is 1. The zero-order valence-electron chi connectivity index (χ0n) is 8.36. The molecule has 0 aliphatic rings.